The lowest BCUT2D eigenvalue weighted by Crippen LogP contribution is -2.25. The van der Waals surface area contributed by atoms with E-state index in [1.165, 1.54) is 5.56 Å². The van der Waals surface area contributed by atoms with Gasteiger partial charge >= 0.3 is 0 Å². The third-order valence-corrected chi connectivity index (χ3v) is 5.18. The van der Waals surface area contributed by atoms with Crippen molar-refractivity contribution in [3.8, 4) is 11.3 Å². The fourth-order valence-corrected chi connectivity index (χ4v) is 3.72. The number of carbonyl (C=O) groups excluding carboxylic acids is 1. The van der Waals surface area contributed by atoms with Crippen LogP contribution in [0.15, 0.2) is 18.2 Å². The Bertz CT molecular complexity index is 723. The molecule has 2 aromatic rings. The van der Waals surface area contributed by atoms with E-state index in [1.54, 1.807) is 18.3 Å². The maximum absolute atomic E-state index is 11.6. The zero-order valence-corrected chi connectivity index (χ0v) is 13.8. The van der Waals surface area contributed by atoms with Gasteiger partial charge in [-0.05, 0) is 31.0 Å². The highest BCUT2D eigenvalue weighted by Gasteiger charge is 2.24. The summed E-state index contributed by atoms with van der Waals surface area (Å²) < 4.78 is 0. The van der Waals surface area contributed by atoms with Gasteiger partial charge in [-0.15, -0.1) is 0 Å². The topological polar surface area (TPSA) is 71.2 Å². The molecule has 1 aromatic carbocycles. The summed E-state index contributed by atoms with van der Waals surface area (Å²) >= 11 is 1.59. The molecule has 0 fully saturated rings. The molecule has 1 aromatic heterocycles. The minimum Gasteiger partial charge on any atom is -0.365 e. The van der Waals surface area contributed by atoms with Crippen molar-refractivity contribution in [3.05, 3.63) is 28.6 Å². The molecule has 1 amide bonds. The zero-order chi connectivity index (χ0) is 15.9. The Morgan fingerprint density at radius 1 is 1.50 bits per heavy atom. The first-order valence-electron chi connectivity index (χ1n) is 7.36. The monoisotopic (exact) mass is 316 g/mol. The molecule has 1 atom stereocenters. The van der Waals surface area contributed by atoms with Gasteiger partial charge in [0.25, 0.3) is 0 Å². The Morgan fingerprint density at radius 2 is 2.27 bits per heavy atom. The highest BCUT2D eigenvalue weighted by atomic mass is 32.1. The van der Waals surface area contributed by atoms with Gasteiger partial charge in [0.15, 0.2) is 5.13 Å². The largest absolute Gasteiger partial charge is 0.365 e. The molecular formula is C16H20N4OS. The highest BCUT2D eigenvalue weighted by Crippen LogP contribution is 2.37. The second-order valence-electron chi connectivity index (χ2n) is 5.53. The number of hydrogen-bond donors (Lipinski definition) is 2. The number of aromatic nitrogens is 1. The summed E-state index contributed by atoms with van der Waals surface area (Å²) in [7, 11) is 1.86. The SMILES string of the molecule is CNc1nc(-c2ccc3c(c2)CCN3C(C)=O)c(C(C)N)s1. The van der Waals surface area contributed by atoms with E-state index in [9.17, 15) is 4.79 Å². The summed E-state index contributed by atoms with van der Waals surface area (Å²) in [5.74, 6) is 0.0916. The minimum atomic E-state index is -0.0587. The maximum Gasteiger partial charge on any atom is 0.223 e. The number of carbonyl (C=O) groups is 1. The summed E-state index contributed by atoms with van der Waals surface area (Å²) in [6.45, 7) is 4.34. The van der Waals surface area contributed by atoms with E-state index in [1.807, 2.05) is 31.0 Å². The molecular weight excluding hydrogens is 296 g/mol. The van der Waals surface area contributed by atoms with E-state index < -0.39 is 0 Å². The van der Waals surface area contributed by atoms with Crippen molar-refractivity contribution in [2.45, 2.75) is 26.3 Å². The van der Waals surface area contributed by atoms with E-state index in [2.05, 4.69) is 16.4 Å². The van der Waals surface area contributed by atoms with Crippen LogP contribution in [0, 0.1) is 0 Å². The number of nitrogens with one attached hydrogen (secondary N) is 1. The average Bonchev–Trinajstić information content (AvgIpc) is 3.10. The molecule has 116 valence electrons. The predicted molar refractivity (Wildman–Crippen MR) is 91.4 cm³/mol. The van der Waals surface area contributed by atoms with Crippen molar-refractivity contribution in [1.82, 2.24) is 4.98 Å². The average molecular weight is 316 g/mol. The second kappa shape index (κ2) is 5.70. The second-order valence-corrected chi connectivity index (χ2v) is 6.57. The molecule has 5 nitrogen and oxygen atoms in total. The Balaban J connectivity index is 2.04. The molecule has 0 radical (unpaired) electrons. The molecule has 0 aliphatic carbocycles. The predicted octanol–water partition coefficient (Wildman–Crippen LogP) is 2.78. The standard InChI is InChI=1S/C16H20N4OS/c1-9(17)15-14(19-16(18-3)22-15)12-4-5-13-11(8-12)6-7-20(13)10(2)21/h4-5,8-9H,6-7,17H2,1-3H3,(H,18,19). The van der Waals surface area contributed by atoms with Gasteiger partial charge in [-0.25, -0.2) is 4.98 Å². The molecule has 0 bridgehead atoms. The van der Waals surface area contributed by atoms with Crippen LogP contribution in [0.3, 0.4) is 0 Å². The van der Waals surface area contributed by atoms with Gasteiger partial charge in [-0.1, -0.05) is 17.4 Å². The van der Waals surface area contributed by atoms with Gasteiger partial charge in [0.1, 0.15) is 0 Å². The van der Waals surface area contributed by atoms with Crippen LogP contribution in [0.4, 0.5) is 10.8 Å². The third-order valence-electron chi connectivity index (χ3n) is 3.91. The molecule has 3 rings (SSSR count). The number of benzene rings is 1. The van der Waals surface area contributed by atoms with Crippen molar-refractivity contribution in [2.75, 3.05) is 23.8 Å². The number of nitrogens with zero attached hydrogens (tertiary/aromatic N) is 2. The van der Waals surface area contributed by atoms with Crippen molar-refractivity contribution in [2.24, 2.45) is 5.73 Å². The summed E-state index contributed by atoms with van der Waals surface area (Å²) in [5.41, 5.74) is 10.3. The van der Waals surface area contributed by atoms with Crippen LogP contribution in [0.2, 0.25) is 0 Å². The highest BCUT2D eigenvalue weighted by molar-refractivity contribution is 7.16. The molecule has 0 saturated heterocycles. The molecule has 1 aliphatic rings. The van der Waals surface area contributed by atoms with Crippen molar-refractivity contribution >= 4 is 28.1 Å². The first kappa shape index (κ1) is 15.0. The number of rotatable bonds is 3. The van der Waals surface area contributed by atoms with Crippen LogP contribution in [0.5, 0.6) is 0 Å². The van der Waals surface area contributed by atoms with Crippen LogP contribution in [-0.2, 0) is 11.2 Å². The Morgan fingerprint density at radius 3 is 2.91 bits per heavy atom. The lowest BCUT2D eigenvalue weighted by atomic mass is 10.0. The summed E-state index contributed by atoms with van der Waals surface area (Å²) in [5, 5.41) is 3.95. The van der Waals surface area contributed by atoms with Gasteiger partial charge in [0, 0.05) is 37.8 Å². The maximum atomic E-state index is 11.6. The van der Waals surface area contributed by atoms with E-state index in [0.717, 1.165) is 39.9 Å². The van der Waals surface area contributed by atoms with E-state index in [0.29, 0.717) is 0 Å². The van der Waals surface area contributed by atoms with E-state index in [-0.39, 0.29) is 11.9 Å². The molecule has 3 N–H and O–H groups in total. The fraction of sp³-hybridized carbons (Fsp3) is 0.375. The van der Waals surface area contributed by atoms with Crippen molar-refractivity contribution < 1.29 is 4.79 Å². The summed E-state index contributed by atoms with van der Waals surface area (Å²) in [4.78, 5) is 19.2. The van der Waals surface area contributed by atoms with E-state index >= 15 is 0 Å². The number of amides is 1. The lowest BCUT2D eigenvalue weighted by molar-refractivity contribution is -0.116. The zero-order valence-electron chi connectivity index (χ0n) is 13.0. The number of thiazole rings is 1. The van der Waals surface area contributed by atoms with Gasteiger partial charge < -0.3 is 16.0 Å². The van der Waals surface area contributed by atoms with E-state index in [4.69, 9.17) is 5.73 Å². The molecule has 6 heteroatoms. The van der Waals surface area contributed by atoms with Gasteiger partial charge in [-0.2, -0.15) is 0 Å². The number of hydrogen-bond acceptors (Lipinski definition) is 5. The van der Waals surface area contributed by atoms with Crippen LogP contribution in [0.1, 0.15) is 30.3 Å². The van der Waals surface area contributed by atoms with Crippen LogP contribution >= 0.6 is 11.3 Å². The van der Waals surface area contributed by atoms with Crippen LogP contribution in [-0.4, -0.2) is 24.5 Å². The first-order chi connectivity index (χ1) is 10.5. The first-order valence-corrected chi connectivity index (χ1v) is 8.18. The van der Waals surface area contributed by atoms with Crippen LogP contribution in [0.25, 0.3) is 11.3 Å². The lowest BCUT2D eigenvalue weighted by Gasteiger charge is -2.15. The molecule has 0 spiro atoms. The normalized spacial score (nSPS) is 14.8. The molecule has 22 heavy (non-hydrogen) atoms. The summed E-state index contributed by atoms with van der Waals surface area (Å²) in [6, 6.07) is 6.12. The molecule has 0 saturated carbocycles. The number of anilines is 2. The summed E-state index contributed by atoms with van der Waals surface area (Å²) in [6.07, 6.45) is 0.888. The van der Waals surface area contributed by atoms with Gasteiger partial charge in [0.2, 0.25) is 5.91 Å². The number of fused-ring (bicyclic) bond motifs is 1. The smallest absolute Gasteiger partial charge is 0.223 e. The fourth-order valence-electron chi connectivity index (χ4n) is 2.83. The molecule has 1 unspecified atom stereocenters. The Kier molecular flexibility index (Phi) is 3.88. The van der Waals surface area contributed by atoms with Crippen LogP contribution < -0.4 is 16.0 Å². The van der Waals surface area contributed by atoms with Gasteiger partial charge in [-0.3, -0.25) is 4.79 Å². The Hall–Kier alpha value is -1.92. The molecule has 2 heterocycles. The Labute approximate surface area is 134 Å². The quantitative estimate of drug-likeness (QED) is 0.913. The number of nitrogens with two attached hydrogens (primary N) is 1. The van der Waals surface area contributed by atoms with Gasteiger partial charge in [0.05, 0.1) is 10.6 Å². The minimum absolute atomic E-state index is 0.0587. The molecule has 1 aliphatic heterocycles. The third kappa shape index (κ3) is 2.48. The van der Waals surface area contributed by atoms with Crippen molar-refractivity contribution in [1.29, 1.82) is 0 Å². The van der Waals surface area contributed by atoms with Crippen molar-refractivity contribution in [3.63, 3.8) is 0 Å².